The zero-order valence-electron chi connectivity index (χ0n) is 10.7. The summed E-state index contributed by atoms with van der Waals surface area (Å²) in [5.74, 6) is -0.216. The van der Waals surface area contributed by atoms with E-state index in [0.717, 1.165) is 5.56 Å². The average Bonchev–Trinajstić information content (AvgIpc) is 2.89. The lowest BCUT2D eigenvalue weighted by atomic mass is 10.2. The van der Waals surface area contributed by atoms with Crippen molar-refractivity contribution in [3.05, 3.63) is 41.7 Å². The number of esters is 1. The van der Waals surface area contributed by atoms with Crippen molar-refractivity contribution in [2.45, 2.75) is 6.92 Å². The molecule has 2 aromatic rings. The number of rotatable bonds is 4. The third kappa shape index (κ3) is 3.05. The molecule has 0 fully saturated rings. The number of ether oxygens (including phenoxy) is 1. The monoisotopic (exact) mass is 269 g/mol. The fraction of sp³-hybridized carbons (Fsp3) is 0.154. The molecule has 7 nitrogen and oxygen atoms in total. The van der Waals surface area contributed by atoms with Crippen molar-refractivity contribution in [3.63, 3.8) is 0 Å². The van der Waals surface area contributed by atoms with Crippen LogP contribution in [-0.4, -0.2) is 32.8 Å². The Morgan fingerprint density at radius 3 is 2.80 bits per heavy atom. The first kappa shape index (κ1) is 13.4. The average molecular weight is 269 g/mol. The van der Waals surface area contributed by atoms with Gasteiger partial charge in [0.05, 0.1) is 0 Å². The molecule has 0 aliphatic heterocycles. The highest BCUT2D eigenvalue weighted by atomic mass is 16.5. The highest BCUT2D eigenvalue weighted by molar-refractivity contribution is 6.15. The number of benzene rings is 1. The van der Waals surface area contributed by atoms with Gasteiger partial charge in [0.25, 0.3) is 0 Å². The van der Waals surface area contributed by atoms with E-state index >= 15 is 0 Å². The van der Waals surface area contributed by atoms with Gasteiger partial charge in [0.15, 0.2) is 18.1 Å². The number of carbonyl (C=O) groups excluding carboxylic acids is 1. The Morgan fingerprint density at radius 1 is 1.45 bits per heavy atom. The highest BCUT2D eigenvalue weighted by Gasteiger charge is 2.17. The van der Waals surface area contributed by atoms with Crippen molar-refractivity contribution in [2.24, 2.45) is 0 Å². The van der Waals surface area contributed by atoms with Gasteiger partial charge in [-0.15, -0.1) is 5.10 Å². The van der Waals surface area contributed by atoms with E-state index in [1.54, 1.807) is 19.1 Å². The fourth-order valence-corrected chi connectivity index (χ4v) is 1.54. The number of nitrogens with zero attached hydrogens (tertiary/aromatic N) is 5. The van der Waals surface area contributed by atoms with Crippen LogP contribution < -0.4 is 0 Å². The highest BCUT2D eigenvalue weighted by Crippen LogP contribution is 2.13. The minimum atomic E-state index is -0.661. The molecule has 7 heteroatoms. The van der Waals surface area contributed by atoms with E-state index in [4.69, 9.17) is 10.00 Å². The van der Waals surface area contributed by atoms with Gasteiger partial charge in [0, 0.05) is 0 Å². The van der Waals surface area contributed by atoms with Gasteiger partial charge in [-0.3, -0.25) is 0 Å². The lowest BCUT2D eigenvalue weighted by molar-refractivity contribution is -0.135. The van der Waals surface area contributed by atoms with Gasteiger partial charge in [-0.2, -0.15) is 9.94 Å². The van der Waals surface area contributed by atoms with E-state index in [0.29, 0.717) is 5.82 Å². The van der Waals surface area contributed by atoms with E-state index in [1.807, 2.05) is 30.3 Å². The van der Waals surface area contributed by atoms with Gasteiger partial charge in [-0.25, -0.2) is 4.79 Å². The van der Waals surface area contributed by atoms with Crippen molar-refractivity contribution in [1.29, 1.82) is 5.26 Å². The Balaban J connectivity index is 2.40. The number of aromatic nitrogens is 4. The van der Waals surface area contributed by atoms with Gasteiger partial charge >= 0.3 is 5.97 Å². The minimum absolute atomic E-state index is 0.147. The maximum Gasteiger partial charge on any atom is 0.358 e. The third-order valence-electron chi connectivity index (χ3n) is 2.43. The summed E-state index contributed by atoms with van der Waals surface area (Å²) >= 11 is 0. The summed E-state index contributed by atoms with van der Waals surface area (Å²) < 4.78 is 6.09. The second-order valence-electron chi connectivity index (χ2n) is 3.81. The quantitative estimate of drug-likeness (QED) is 0.608. The van der Waals surface area contributed by atoms with E-state index in [1.165, 1.54) is 4.68 Å². The summed E-state index contributed by atoms with van der Waals surface area (Å²) in [6.45, 7) is 1.34. The predicted molar refractivity (Wildman–Crippen MR) is 69.7 cm³/mol. The molecule has 0 aliphatic rings. The molecular formula is C13H11N5O2. The maximum atomic E-state index is 12.0. The Bertz CT molecular complexity index is 670. The van der Waals surface area contributed by atoms with E-state index in [2.05, 4.69) is 15.5 Å². The van der Waals surface area contributed by atoms with Gasteiger partial charge < -0.3 is 4.74 Å². The van der Waals surface area contributed by atoms with Crippen LogP contribution in [0.2, 0.25) is 0 Å². The van der Waals surface area contributed by atoms with Crippen LogP contribution in [0.4, 0.5) is 0 Å². The Morgan fingerprint density at radius 2 is 2.20 bits per heavy atom. The topological polar surface area (TPSA) is 93.7 Å². The molecule has 0 saturated carbocycles. The zero-order chi connectivity index (χ0) is 14.4. The van der Waals surface area contributed by atoms with Crippen molar-refractivity contribution in [1.82, 2.24) is 20.2 Å². The molecule has 0 N–H and O–H groups in total. The Labute approximate surface area is 115 Å². The van der Waals surface area contributed by atoms with Crippen molar-refractivity contribution in [2.75, 3.05) is 6.61 Å². The largest absolute Gasteiger partial charge is 0.446 e. The summed E-state index contributed by atoms with van der Waals surface area (Å²) in [6, 6.07) is 11.0. The van der Waals surface area contributed by atoms with E-state index in [-0.39, 0.29) is 12.3 Å². The SMILES string of the molecule is Cc1nnnn1/C(=C\c1ccccc1)C(=O)OCC#N. The first-order chi connectivity index (χ1) is 9.72. The second-order valence-corrected chi connectivity index (χ2v) is 3.81. The number of hydrogen-bond donors (Lipinski definition) is 0. The molecule has 0 saturated heterocycles. The number of hydrogen-bond acceptors (Lipinski definition) is 6. The summed E-state index contributed by atoms with van der Waals surface area (Å²) in [4.78, 5) is 12.0. The lowest BCUT2D eigenvalue weighted by Gasteiger charge is -2.06. The predicted octanol–water partition coefficient (Wildman–Crippen LogP) is 1.05. The van der Waals surface area contributed by atoms with Crippen LogP contribution in [0.3, 0.4) is 0 Å². The number of tetrazole rings is 1. The third-order valence-corrected chi connectivity index (χ3v) is 2.43. The van der Waals surface area contributed by atoms with Gasteiger partial charge in [-0.05, 0) is 29.0 Å². The second kappa shape index (κ2) is 6.24. The van der Waals surface area contributed by atoms with Gasteiger partial charge in [0.1, 0.15) is 6.07 Å². The molecule has 0 amide bonds. The molecule has 20 heavy (non-hydrogen) atoms. The minimum Gasteiger partial charge on any atom is -0.446 e. The lowest BCUT2D eigenvalue weighted by Crippen LogP contribution is -2.15. The van der Waals surface area contributed by atoms with Crippen LogP contribution in [0.1, 0.15) is 11.4 Å². The maximum absolute atomic E-state index is 12.0. The van der Waals surface area contributed by atoms with Crippen molar-refractivity contribution < 1.29 is 9.53 Å². The van der Waals surface area contributed by atoms with Crippen LogP contribution in [0.5, 0.6) is 0 Å². The molecule has 0 aliphatic carbocycles. The molecule has 0 unspecified atom stereocenters. The molecule has 1 aromatic heterocycles. The zero-order valence-corrected chi connectivity index (χ0v) is 10.7. The summed E-state index contributed by atoms with van der Waals surface area (Å²) in [6.07, 6.45) is 1.60. The summed E-state index contributed by atoms with van der Waals surface area (Å²) in [5.41, 5.74) is 0.945. The summed E-state index contributed by atoms with van der Waals surface area (Å²) in [7, 11) is 0. The molecule has 0 radical (unpaired) electrons. The van der Waals surface area contributed by atoms with Gasteiger partial charge in [0.2, 0.25) is 0 Å². The first-order valence-corrected chi connectivity index (χ1v) is 5.78. The molecule has 1 heterocycles. The Kier molecular flexibility index (Phi) is 4.19. The summed E-state index contributed by atoms with van der Waals surface area (Å²) in [5, 5.41) is 19.4. The molecule has 0 spiro atoms. The number of aryl methyl sites for hydroxylation is 1. The van der Waals surface area contributed by atoms with Crippen LogP contribution in [-0.2, 0) is 9.53 Å². The van der Waals surface area contributed by atoms with Crippen molar-refractivity contribution >= 4 is 17.7 Å². The normalized spacial score (nSPS) is 10.9. The van der Waals surface area contributed by atoms with E-state index in [9.17, 15) is 4.79 Å². The smallest absolute Gasteiger partial charge is 0.358 e. The number of nitriles is 1. The Hall–Kier alpha value is -3.01. The van der Waals surface area contributed by atoms with Crippen LogP contribution in [0.25, 0.3) is 11.8 Å². The number of carbonyl (C=O) groups is 1. The fourth-order valence-electron chi connectivity index (χ4n) is 1.54. The molecule has 0 bridgehead atoms. The molecule has 0 atom stereocenters. The first-order valence-electron chi connectivity index (χ1n) is 5.78. The standard InChI is InChI=1S/C13H11N5O2/c1-10-15-16-17-18(10)12(13(19)20-8-7-14)9-11-5-3-2-4-6-11/h2-6,9H,8H2,1H3/b12-9-. The molecule has 100 valence electrons. The van der Waals surface area contributed by atoms with Crippen LogP contribution in [0.15, 0.2) is 30.3 Å². The van der Waals surface area contributed by atoms with Gasteiger partial charge in [-0.1, -0.05) is 30.3 Å². The van der Waals surface area contributed by atoms with E-state index < -0.39 is 5.97 Å². The molecule has 1 aromatic carbocycles. The van der Waals surface area contributed by atoms with Crippen LogP contribution in [0, 0.1) is 18.3 Å². The molecule has 2 rings (SSSR count). The van der Waals surface area contributed by atoms with Crippen LogP contribution >= 0.6 is 0 Å². The van der Waals surface area contributed by atoms with Crippen molar-refractivity contribution in [3.8, 4) is 6.07 Å². The molecular weight excluding hydrogens is 258 g/mol.